The van der Waals surface area contributed by atoms with Crippen LogP contribution in [-0.4, -0.2) is 19.5 Å². The summed E-state index contributed by atoms with van der Waals surface area (Å²) in [4.78, 5) is 9.86. The second-order valence-corrected chi connectivity index (χ2v) is 6.24. The van der Waals surface area contributed by atoms with Crippen molar-refractivity contribution in [3.8, 4) is 0 Å². The fraction of sp³-hybridized carbons (Fsp3) is 0.533. The minimum absolute atomic E-state index is 0.490. The van der Waals surface area contributed by atoms with E-state index in [1.54, 1.807) is 0 Å². The smallest absolute Gasteiger partial charge is 0.160 e. The van der Waals surface area contributed by atoms with Crippen LogP contribution in [0.2, 0.25) is 0 Å². The third-order valence-corrected chi connectivity index (χ3v) is 4.16. The van der Waals surface area contributed by atoms with Crippen molar-refractivity contribution in [3.05, 3.63) is 23.7 Å². The van der Waals surface area contributed by atoms with Crippen LogP contribution in [0.25, 0.3) is 11.2 Å². The van der Waals surface area contributed by atoms with E-state index in [9.17, 15) is 0 Å². The fourth-order valence-electron chi connectivity index (χ4n) is 3.11. The summed E-state index contributed by atoms with van der Waals surface area (Å²) in [5.41, 5.74) is 8.76. The molecule has 1 fully saturated rings. The molecule has 0 bridgehead atoms. The zero-order chi connectivity index (χ0) is 14.1. The lowest BCUT2D eigenvalue weighted by atomic mass is 9.88. The lowest BCUT2D eigenvalue weighted by molar-refractivity contribution is 0.421. The first-order valence-electron chi connectivity index (χ1n) is 7.26. The zero-order valence-electron chi connectivity index (χ0n) is 11.8. The Bertz CT molecular complexity index is 641. The van der Waals surface area contributed by atoms with Crippen LogP contribution in [0.3, 0.4) is 0 Å². The molecule has 0 radical (unpaired) electrons. The van der Waals surface area contributed by atoms with Gasteiger partial charge < -0.3 is 10.3 Å². The van der Waals surface area contributed by atoms with Crippen molar-refractivity contribution >= 4 is 28.4 Å². The van der Waals surface area contributed by atoms with E-state index in [1.165, 1.54) is 32.1 Å². The van der Waals surface area contributed by atoms with Gasteiger partial charge in [-0.2, -0.15) is 0 Å². The van der Waals surface area contributed by atoms with Gasteiger partial charge in [0, 0.05) is 12.1 Å². The molecule has 2 aromatic rings. The number of rotatable bonds is 3. The topological polar surface area (TPSA) is 56.7 Å². The van der Waals surface area contributed by atoms with Gasteiger partial charge in [0.2, 0.25) is 0 Å². The van der Waals surface area contributed by atoms with Crippen molar-refractivity contribution in [1.29, 1.82) is 0 Å². The average Bonchev–Trinajstić information content (AvgIpc) is 2.77. The van der Waals surface area contributed by atoms with Crippen molar-refractivity contribution in [2.45, 2.75) is 51.5 Å². The van der Waals surface area contributed by atoms with Gasteiger partial charge in [0.05, 0.1) is 11.5 Å². The molecule has 0 saturated heterocycles. The molecule has 0 unspecified atom stereocenters. The molecule has 1 saturated carbocycles. The minimum Gasteiger partial charge on any atom is -0.392 e. The first-order valence-corrected chi connectivity index (χ1v) is 7.67. The van der Waals surface area contributed by atoms with Gasteiger partial charge in [-0.05, 0) is 31.4 Å². The van der Waals surface area contributed by atoms with Crippen LogP contribution < -0.4 is 5.73 Å². The van der Waals surface area contributed by atoms with Gasteiger partial charge in [0.1, 0.15) is 11.3 Å². The maximum atomic E-state index is 5.76. The van der Waals surface area contributed by atoms with Crippen LogP contribution in [0.5, 0.6) is 0 Å². The third kappa shape index (κ3) is 2.54. The zero-order valence-corrected chi connectivity index (χ0v) is 12.6. The van der Waals surface area contributed by atoms with E-state index in [0.717, 1.165) is 22.6 Å². The number of aromatic nitrogens is 3. The lowest BCUT2D eigenvalue weighted by Crippen LogP contribution is -2.20. The summed E-state index contributed by atoms with van der Waals surface area (Å²) in [5, 5.41) is 0. The summed E-state index contributed by atoms with van der Waals surface area (Å²) in [6, 6.07) is 2.09. The molecule has 3 rings (SSSR count). The molecule has 2 aromatic heterocycles. The number of hydrogen-bond acceptors (Lipinski definition) is 3. The molecule has 0 aromatic carbocycles. The predicted octanol–water partition coefficient (Wildman–Crippen LogP) is 3.07. The molecule has 0 spiro atoms. The van der Waals surface area contributed by atoms with E-state index in [1.807, 2.05) is 13.1 Å². The molecule has 5 heteroatoms. The molecular formula is C15H20N4S. The Morgan fingerprint density at radius 3 is 2.85 bits per heavy atom. The fourth-order valence-corrected chi connectivity index (χ4v) is 3.24. The Labute approximate surface area is 124 Å². The van der Waals surface area contributed by atoms with Crippen LogP contribution in [0.1, 0.15) is 49.4 Å². The number of nitrogens with two attached hydrogens (primary N) is 1. The molecule has 0 amide bonds. The molecule has 0 atom stereocenters. The van der Waals surface area contributed by atoms with E-state index in [4.69, 9.17) is 22.9 Å². The van der Waals surface area contributed by atoms with Crippen molar-refractivity contribution in [1.82, 2.24) is 14.5 Å². The van der Waals surface area contributed by atoms with Gasteiger partial charge in [-0.3, -0.25) is 0 Å². The number of hydrogen-bond donors (Lipinski definition) is 1. The SMILES string of the molecule is Cc1cnc2c(c1)nc(C1CCCCC1)n2CC(N)=S. The Hall–Kier alpha value is -1.49. The van der Waals surface area contributed by atoms with Crippen LogP contribution in [0.15, 0.2) is 12.3 Å². The Kier molecular flexibility index (Phi) is 3.70. The predicted molar refractivity (Wildman–Crippen MR) is 84.9 cm³/mol. The summed E-state index contributed by atoms with van der Waals surface area (Å²) in [5.74, 6) is 1.64. The molecule has 0 aliphatic heterocycles. The molecular weight excluding hydrogens is 268 g/mol. The standard InChI is InChI=1S/C15H20N4S/c1-10-7-12-15(17-8-10)19(9-13(16)20)14(18-12)11-5-3-2-4-6-11/h7-8,11H,2-6,9H2,1H3,(H2,16,20). The van der Waals surface area contributed by atoms with Crippen molar-refractivity contribution < 1.29 is 0 Å². The first-order chi connectivity index (χ1) is 9.65. The highest BCUT2D eigenvalue weighted by Crippen LogP contribution is 2.33. The van der Waals surface area contributed by atoms with E-state index in [-0.39, 0.29) is 0 Å². The number of aryl methyl sites for hydroxylation is 1. The second-order valence-electron chi connectivity index (χ2n) is 5.71. The van der Waals surface area contributed by atoms with Crippen molar-refractivity contribution in [2.75, 3.05) is 0 Å². The summed E-state index contributed by atoms with van der Waals surface area (Å²) in [6.07, 6.45) is 8.20. The maximum absolute atomic E-state index is 5.76. The lowest BCUT2D eigenvalue weighted by Gasteiger charge is -2.22. The van der Waals surface area contributed by atoms with Crippen molar-refractivity contribution in [3.63, 3.8) is 0 Å². The number of fused-ring (bicyclic) bond motifs is 1. The van der Waals surface area contributed by atoms with Gasteiger partial charge in [-0.25, -0.2) is 9.97 Å². The molecule has 1 aliphatic carbocycles. The summed E-state index contributed by atoms with van der Waals surface area (Å²) in [7, 11) is 0. The third-order valence-electron chi connectivity index (χ3n) is 4.04. The van der Waals surface area contributed by atoms with E-state index >= 15 is 0 Å². The quantitative estimate of drug-likeness (QED) is 0.882. The first kappa shape index (κ1) is 13.5. The van der Waals surface area contributed by atoms with Crippen molar-refractivity contribution in [2.24, 2.45) is 5.73 Å². The largest absolute Gasteiger partial charge is 0.392 e. The average molecular weight is 288 g/mol. The Morgan fingerprint density at radius 1 is 1.40 bits per heavy atom. The molecule has 2 N–H and O–H groups in total. The van der Waals surface area contributed by atoms with Gasteiger partial charge >= 0.3 is 0 Å². The molecule has 4 nitrogen and oxygen atoms in total. The van der Waals surface area contributed by atoms with Crippen LogP contribution in [-0.2, 0) is 6.54 Å². The Morgan fingerprint density at radius 2 is 2.15 bits per heavy atom. The van der Waals surface area contributed by atoms with E-state index in [0.29, 0.717) is 17.5 Å². The second kappa shape index (κ2) is 5.48. The van der Waals surface area contributed by atoms with Gasteiger partial charge in [0.15, 0.2) is 5.65 Å². The normalized spacial score (nSPS) is 16.6. The monoisotopic (exact) mass is 288 g/mol. The molecule has 2 heterocycles. The Balaban J connectivity index is 2.10. The van der Waals surface area contributed by atoms with E-state index < -0.39 is 0 Å². The maximum Gasteiger partial charge on any atom is 0.160 e. The van der Waals surface area contributed by atoms with Crippen LogP contribution >= 0.6 is 12.2 Å². The number of nitrogens with zero attached hydrogens (tertiary/aromatic N) is 3. The summed E-state index contributed by atoms with van der Waals surface area (Å²) >= 11 is 5.09. The highest BCUT2D eigenvalue weighted by atomic mass is 32.1. The van der Waals surface area contributed by atoms with Gasteiger partial charge in [-0.15, -0.1) is 0 Å². The highest BCUT2D eigenvalue weighted by molar-refractivity contribution is 7.80. The molecule has 1 aliphatic rings. The molecule has 106 valence electrons. The molecule has 20 heavy (non-hydrogen) atoms. The van der Waals surface area contributed by atoms with Gasteiger partial charge in [0.25, 0.3) is 0 Å². The van der Waals surface area contributed by atoms with Crippen LogP contribution in [0.4, 0.5) is 0 Å². The number of thiocarbonyl (C=S) groups is 1. The number of pyridine rings is 1. The van der Waals surface area contributed by atoms with Gasteiger partial charge in [-0.1, -0.05) is 31.5 Å². The number of imidazole rings is 1. The van der Waals surface area contributed by atoms with E-state index in [2.05, 4.69) is 15.6 Å². The van der Waals surface area contributed by atoms with Crippen LogP contribution in [0, 0.1) is 6.92 Å². The summed E-state index contributed by atoms with van der Waals surface area (Å²) < 4.78 is 2.12. The summed E-state index contributed by atoms with van der Waals surface area (Å²) in [6.45, 7) is 2.58. The minimum atomic E-state index is 0.490. The highest BCUT2D eigenvalue weighted by Gasteiger charge is 2.23.